The van der Waals surface area contributed by atoms with Crippen molar-refractivity contribution in [3.05, 3.63) is 23.8 Å². The van der Waals surface area contributed by atoms with Crippen LogP contribution in [0.3, 0.4) is 0 Å². The fourth-order valence-corrected chi connectivity index (χ4v) is 2.94. The second kappa shape index (κ2) is 5.22. The van der Waals surface area contributed by atoms with Gasteiger partial charge in [0.1, 0.15) is 5.75 Å². The first-order chi connectivity index (χ1) is 8.56. The minimum atomic E-state index is 0.0831. The van der Waals surface area contributed by atoms with Gasteiger partial charge in [-0.25, -0.2) is 0 Å². The van der Waals surface area contributed by atoms with Gasteiger partial charge in [0, 0.05) is 17.5 Å². The van der Waals surface area contributed by atoms with E-state index in [1.807, 2.05) is 12.1 Å². The Morgan fingerprint density at radius 3 is 2.89 bits per heavy atom. The summed E-state index contributed by atoms with van der Waals surface area (Å²) in [5.41, 5.74) is 2.35. The van der Waals surface area contributed by atoms with Gasteiger partial charge >= 0.3 is 0 Å². The number of anilines is 1. The maximum absolute atomic E-state index is 5.25. The first-order valence-corrected chi connectivity index (χ1v) is 7.19. The van der Waals surface area contributed by atoms with Crippen molar-refractivity contribution in [3.8, 4) is 5.75 Å². The molecule has 0 fully saturated rings. The molecule has 1 unspecified atom stereocenters. The summed E-state index contributed by atoms with van der Waals surface area (Å²) in [6.07, 6.45) is 1.07. The summed E-state index contributed by atoms with van der Waals surface area (Å²) in [6.45, 7) is 6.47. The summed E-state index contributed by atoms with van der Waals surface area (Å²) in [6, 6.07) is 6.04. The zero-order chi connectivity index (χ0) is 13.2. The van der Waals surface area contributed by atoms with Crippen molar-refractivity contribution in [2.75, 3.05) is 18.2 Å². The van der Waals surface area contributed by atoms with Gasteiger partial charge in [-0.15, -0.1) is 0 Å². The lowest BCUT2D eigenvalue weighted by molar-refractivity contribution is 0.415. The topological polar surface area (TPSA) is 33.6 Å². The second-order valence-corrected chi connectivity index (χ2v) is 5.83. The van der Waals surface area contributed by atoms with Crippen LogP contribution in [0.1, 0.15) is 25.8 Å². The van der Waals surface area contributed by atoms with Crippen LogP contribution in [0.25, 0.3) is 0 Å². The van der Waals surface area contributed by atoms with Crippen LogP contribution in [0.5, 0.6) is 5.75 Å². The van der Waals surface area contributed by atoms with Gasteiger partial charge in [-0.05, 0) is 31.9 Å². The fraction of sp³-hybridized carbons (Fsp3) is 0.500. The van der Waals surface area contributed by atoms with Gasteiger partial charge in [-0.1, -0.05) is 24.8 Å². The number of aliphatic imine (C=N–C) groups is 1. The molecule has 3 nitrogen and oxygen atoms in total. The normalized spacial score (nSPS) is 22.8. The highest BCUT2D eigenvalue weighted by atomic mass is 32.2. The van der Waals surface area contributed by atoms with E-state index < -0.39 is 0 Å². The van der Waals surface area contributed by atoms with Crippen molar-refractivity contribution < 1.29 is 4.74 Å². The number of rotatable bonds is 3. The van der Waals surface area contributed by atoms with Crippen LogP contribution in [0, 0.1) is 6.92 Å². The highest BCUT2D eigenvalue weighted by molar-refractivity contribution is 8.14. The average Bonchev–Trinajstić information content (AvgIpc) is 2.75. The molecule has 1 aromatic carbocycles. The van der Waals surface area contributed by atoms with Crippen LogP contribution in [0.4, 0.5) is 5.69 Å². The number of benzene rings is 1. The van der Waals surface area contributed by atoms with Crippen LogP contribution in [-0.2, 0) is 0 Å². The van der Waals surface area contributed by atoms with Crippen molar-refractivity contribution in [2.45, 2.75) is 32.7 Å². The van der Waals surface area contributed by atoms with E-state index in [2.05, 4.69) is 32.2 Å². The van der Waals surface area contributed by atoms with Crippen molar-refractivity contribution in [1.82, 2.24) is 0 Å². The van der Waals surface area contributed by atoms with E-state index in [1.165, 1.54) is 5.56 Å². The third kappa shape index (κ3) is 2.80. The minimum Gasteiger partial charge on any atom is -0.497 e. The Morgan fingerprint density at radius 2 is 2.28 bits per heavy atom. The van der Waals surface area contributed by atoms with E-state index in [9.17, 15) is 0 Å². The number of amidine groups is 1. The van der Waals surface area contributed by atoms with Crippen LogP contribution in [0.15, 0.2) is 23.2 Å². The van der Waals surface area contributed by atoms with E-state index >= 15 is 0 Å². The zero-order valence-electron chi connectivity index (χ0n) is 11.4. The van der Waals surface area contributed by atoms with Gasteiger partial charge in [-0.2, -0.15) is 0 Å². The molecular weight excluding hydrogens is 244 g/mol. The van der Waals surface area contributed by atoms with Crippen molar-refractivity contribution in [2.24, 2.45) is 4.99 Å². The Morgan fingerprint density at radius 1 is 1.50 bits per heavy atom. The molecule has 2 rings (SSSR count). The Balaban J connectivity index is 2.17. The monoisotopic (exact) mass is 264 g/mol. The molecule has 0 bridgehead atoms. The Hall–Kier alpha value is -1.16. The molecule has 1 atom stereocenters. The molecule has 98 valence electrons. The number of ether oxygens (including phenoxy) is 1. The molecule has 4 heteroatoms. The van der Waals surface area contributed by atoms with Gasteiger partial charge < -0.3 is 10.1 Å². The van der Waals surface area contributed by atoms with Crippen LogP contribution in [-0.4, -0.2) is 23.6 Å². The molecule has 0 spiro atoms. The third-order valence-electron chi connectivity index (χ3n) is 3.34. The molecule has 1 aliphatic rings. The number of aryl methyl sites for hydroxylation is 1. The third-order valence-corrected chi connectivity index (χ3v) is 4.57. The summed E-state index contributed by atoms with van der Waals surface area (Å²) in [5, 5.41) is 4.42. The quantitative estimate of drug-likeness (QED) is 0.904. The lowest BCUT2D eigenvalue weighted by Gasteiger charge is -2.15. The molecule has 0 saturated heterocycles. The Bertz CT molecular complexity index is 473. The zero-order valence-corrected chi connectivity index (χ0v) is 12.2. The van der Waals surface area contributed by atoms with E-state index in [-0.39, 0.29) is 5.54 Å². The summed E-state index contributed by atoms with van der Waals surface area (Å²) in [4.78, 5) is 4.76. The van der Waals surface area contributed by atoms with Gasteiger partial charge in [-0.3, -0.25) is 4.99 Å². The van der Waals surface area contributed by atoms with Crippen molar-refractivity contribution in [3.63, 3.8) is 0 Å². The van der Waals surface area contributed by atoms with Crippen LogP contribution >= 0.6 is 11.8 Å². The number of hydrogen-bond acceptors (Lipinski definition) is 4. The van der Waals surface area contributed by atoms with Crippen molar-refractivity contribution >= 4 is 22.6 Å². The van der Waals surface area contributed by atoms with Crippen LogP contribution < -0.4 is 10.1 Å². The number of nitrogens with zero attached hydrogens (tertiary/aromatic N) is 1. The van der Waals surface area contributed by atoms with E-state index in [0.717, 1.165) is 28.8 Å². The smallest absolute Gasteiger partial charge is 0.161 e. The summed E-state index contributed by atoms with van der Waals surface area (Å²) in [5.74, 6) is 1.92. The highest BCUT2D eigenvalue weighted by Crippen LogP contribution is 2.32. The predicted molar refractivity (Wildman–Crippen MR) is 79.9 cm³/mol. The van der Waals surface area contributed by atoms with Crippen LogP contribution in [0.2, 0.25) is 0 Å². The molecule has 0 saturated carbocycles. The molecule has 1 N–H and O–H groups in total. The summed E-state index contributed by atoms with van der Waals surface area (Å²) >= 11 is 1.79. The summed E-state index contributed by atoms with van der Waals surface area (Å²) < 4.78 is 5.25. The molecule has 1 heterocycles. The molecule has 0 aliphatic carbocycles. The first-order valence-electron chi connectivity index (χ1n) is 6.20. The number of hydrogen-bond donors (Lipinski definition) is 1. The van der Waals surface area contributed by atoms with E-state index in [4.69, 9.17) is 9.73 Å². The predicted octanol–water partition coefficient (Wildman–Crippen LogP) is 3.69. The van der Waals surface area contributed by atoms with Gasteiger partial charge in [0.2, 0.25) is 0 Å². The largest absolute Gasteiger partial charge is 0.497 e. The molecule has 18 heavy (non-hydrogen) atoms. The van der Waals surface area contributed by atoms with Gasteiger partial charge in [0.25, 0.3) is 0 Å². The van der Waals surface area contributed by atoms with E-state index in [1.54, 1.807) is 18.9 Å². The van der Waals surface area contributed by atoms with Gasteiger partial charge in [0.05, 0.1) is 12.6 Å². The molecule has 0 aromatic heterocycles. The maximum Gasteiger partial charge on any atom is 0.161 e. The fourth-order valence-electron chi connectivity index (χ4n) is 1.76. The minimum absolute atomic E-state index is 0.0831. The molecular formula is C14H20N2OS. The first kappa shape index (κ1) is 13.3. The Kier molecular flexibility index (Phi) is 3.85. The van der Waals surface area contributed by atoms with Crippen molar-refractivity contribution in [1.29, 1.82) is 0 Å². The SMILES string of the molecule is CCC1(C)CSC(Nc2cc(OC)ccc2C)=N1. The standard InChI is InChI=1S/C14H20N2OS/c1-5-14(3)9-18-13(16-14)15-12-8-11(17-4)7-6-10(12)2/h6-8H,5,9H2,1-4H3,(H,15,16). The molecule has 1 aliphatic heterocycles. The van der Waals surface area contributed by atoms with E-state index in [0.29, 0.717) is 0 Å². The summed E-state index contributed by atoms with van der Waals surface area (Å²) in [7, 11) is 1.68. The molecule has 0 radical (unpaired) electrons. The maximum atomic E-state index is 5.25. The second-order valence-electron chi connectivity index (χ2n) is 4.86. The number of nitrogens with one attached hydrogen (secondary N) is 1. The lowest BCUT2D eigenvalue weighted by Crippen LogP contribution is -2.20. The average molecular weight is 264 g/mol. The lowest BCUT2D eigenvalue weighted by atomic mass is 10.0. The molecule has 1 aromatic rings. The Labute approximate surface area is 113 Å². The number of thioether (sulfide) groups is 1. The number of methoxy groups -OCH3 is 1. The van der Waals surface area contributed by atoms with Gasteiger partial charge in [0.15, 0.2) is 5.17 Å². The molecule has 0 amide bonds. The highest BCUT2D eigenvalue weighted by Gasteiger charge is 2.28.